The fourth-order valence-corrected chi connectivity index (χ4v) is 1.54. The van der Waals surface area contributed by atoms with Crippen LogP contribution in [-0.2, 0) is 6.54 Å². The number of nitrogens with zero attached hydrogens (tertiary/aromatic N) is 3. The summed E-state index contributed by atoms with van der Waals surface area (Å²) in [4.78, 5) is 15.4. The lowest BCUT2D eigenvalue weighted by Crippen LogP contribution is -2.19. The van der Waals surface area contributed by atoms with Crippen LogP contribution in [0.3, 0.4) is 0 Å². The van der Waals surface area contributed by atoms with Gasteiger partial charge in [0, 0.05) is 37.9 Å². The first-order valence-corrected chi connectivity index (χ1v) is 5.69. The molecular weight excluding hydrogens is 230 g/mol. The van der Waals surface area contributed by atoms with Crippen LogP contribution in [-0.4, -0.2) is 34.3 Å². The van der Waals surface area contributed by atoms with E-state index in [-0.39, 0.29) is 5.91 Å². The van der Waals surface area contributed by atoms with Crippen molar-refractivity contribution in [1.29, 1.82) is 0 Å². The van der Waals surface area contributed by atoms with E-state index in [2.05, 4.69) is 20.7 Å². The van der Waals surface area contributed by atoms with Gasteiger partial charge in [0.2, 0.25) is 0 Å². The third kappa shape index (κ3) is 3.07. The highest BCUT2D eigenvalue weighted by molar-refractivity contribution is 5.92. The van der Waals surface area contributed by atoms with Crippen LogP contribution in [0.5, 0.6) is 0 Å². The van der Waals surface area contributed by atoms with Crippen molar-refractivity contribution in [3.63, 3.8) is 0 Å². The van der Waals surface area contributed by atoms with Crippen molar-refractivity contribution in [2.45, 2.75) is 6.54 Å². The van der Waals surface area contributed by atoms with E-state index >= 15 is 0 Å². The van der Waals surface area contributed by atoms with Crippen LogP contribution in [0.25, 0.3) is 0 Å². The first kappa shape index (κ1) is 12.1. The zero-order valence-electron chi connectivity index (χ0n) is 10.1. The van der Waals surface area contributed by atoms with Crippen molar-refractivity contribution in [2.24, 2.45) is 0 Å². The van der Waals surface area contributed by atoms with E-state index in [4.69, 9.17) is 0 Å². The summed E-state index contributed by atoms with van der Waals surface area (Å²) in [7, 11) is 1.59. The van der Waals surface area contributed by atoms with Crippen LogP contribution in [0, 0.1) is 0 Å². The number of nitrogens with one attached hydrogen (secondary N) is 2. The Bertz CT molecular complexity index is 509. The molecule has 2 aromatic rings. The van der Waals surface area contributed by atoms with Crippen molar-refractivity contribution in [3.05, 3.63) is 42.5 Å². The lowest BCUT2D eigenvalue weighted by molar-refractivity contribution is 0.0958. The highest BCUT2D eigenvalue weighted by Crippen LogP contribution is 2.07. The summed E-state index contributed by atoms with van der Waals surface area (Å²) in [5.74, 6) is -0.189. The second kappa shape index (κ2) is 5.81. The molecule has 0 aliphatic rings. The van der Waals surface area contributed by atoms with Gasteiger partial charge in [0.15, 0.2) is 0 Å². The van der Waals surface area contributed by atoms with Gasteiger partial charge in [-0.15, -0.1) is 0 Å². The van der Waals surface area contributed by atoms with Gasteiger partial charge in [0.25, 0.3) is 5.91 Å². The van der Waals surface area contributed by atoms with Crippen molar-refractivity contribution in [3.8, 4) is 0 Å². The molecule has 2 aromatic heterocycles. The smallest absolute Gasteiger partial charge is 0.269 e. The zero-order chi connectivity index (χ0) is 12.8. The molecule has 1 amide bonds. The van der Waals surface area contributed by atoms with Gasteiger partial charge in [-0.25, -0.2) is 0 Å². The van der Waals surface area contributed by atoms with Crippen molar-refractivity contribution in [1.82, 2.24) is 20.1 Å². The largest absolute Gasteiger partial charge is 0.383 e. The monoisotopic (exact) mass is 245 g/mol. The molecule has 0 aliphatic carbocycles. The molecular formula is C12H15N5O. The highest BCUT2D eigenvalue weighted by atomic mass is 16.1. The minimum Gasteiger partial charge on any atom is -0.383 e. The third-order valence-electron chi connectivity index (χ3n) is 2.45. The van der Waals surface area contributed by atoms with Gasteiger partial charge in [-0.2, -0.15) is 5.10 Å². The minimum atomic E-state index is -0.189. The quantitative estimate of drug-likeness (QED) is 0.815. The molecule has 0 bridgehead atoms. The van der Waals surface area contributed by atoms with E-state index < -0.39 is 0 Å². The molecule has 94 valence electrons. The number of carbonyl (C=O) groups excluding carboxylic acids is 1. The van der Waals surface area contributed by atoms with Gasteiger partial charge in [0.1, 0.15) is 5.69 Å². The molecule has 2 rings (SSSR count). The Morgan fingerprint density at radius 2 is 2.33 bits per heavy atom. The van der Waals surface area contributed by atoms with E-state index in [0.29, 0.717) is 5.69 Å². The van der Waals surface area contributed by atoms with Gasteiger partial charge in [-0.3, -0.25) is 14.5 Å². The molecule has 0 spiro atoms. The first-order chi connectivity index (χ1) is 8.79. The summed E-state index contributed by atoms with van der Waals surface area (Å²) in [5, 5.41) is 9.87. The van der Waals surface area contributed by atoms with Crippen LogP contribution >= 0.6 is 0 Å². The zero-order valence-corrected chi connectivity index (χ0v) is 10.1. The number of hydrogen-bond acceptors (Lipinski definition) is 4. The van der Waals surface area contributed by atoms with Gasteiger partial charge < -0.3 is 10.6 Å². The van der Waals surface area contributed by atoms with E-state index in [1.54, 1.807) is 25.5 Å². The number of hydrogen-bond donors (Lipinski definition) is 2. The van der Waals surface area contributed by atoms with Crippen LogP contribution in [0.2, 0.25) is 0 Å². The van der Waals surface area contributed by atoms with Gasteiger partial charge in [0.05, 0.1) is 6.54 Å². The Morgan fingerprint density at radius 1 is 1.44 bits per heavy atom. The Hall–Kier alpha value is -2.37. The maximum Gasteiger partial charge on any atom is 0.269 e. The normalized spacial score (nSPS) is 10.1. The topological polar surface area (TPSA) is 71.8 Å². The van der Waals surface area contributed by atoms with Crippen molar-refractivity contribution < 1.29 is 4.79 Å². The van der Waals surface area contributed by atoms with Gasteiger partial charge in [-0.1, -0.05) is 0 Å². The van der Waals surface area contributed by atoms with Crippen LogP contribution in [0.15, 0.2) is 36.8 Å². The fourth-order valence-electron chi connectivity index (χ4n) is 1.54. The SMILES string of the molecule is CNC(=O)c1cc(NCCn2cccn2)ccn1. The summed E-state index contributed by atoms with van der Waals surface area (Å²) in [6, 6.07) is 5.44. The number of pyridine rings is 1. The second-order valence-electron chi connectivity index (χ2n) is 3.70. The highest BCUT2D eigenvalue weighted by Gasteiger charge is 2.04. The van der Waals surface area contributed by atoms with E-state index in [0.717, 1.165) is 18.8 Å². The van der Waals surface area contributed by atoms with Crippen molar-refractivity contribution >= 4 is 11.6 Å². The number of carbonyl (C=O) groups is 1. The molecule has 0 atom stereocenters. The summed E-state index contributed by atoms with van der Waals surface area (Å²) in [6.45, 7) is 1.50. The summed E-state index contributed by atoms with van der Waals surface area (Å²) in [5.41, 5.74) is 1.28. The Morgan fingerprint density at radius 3 is 3.06 bits per heavy atom. The lowest BCUT2D eigenvalue weighted by Gasteiger charge is -2.07. The lowest BCUT2D eigenvalue weighted by atomic mass is 10.3. The average molecular weight is 245 g/mol. The van der Waals surface area contributed by atoms with Crippen molar-refractivity contribution in [2.75, 3.05) is 18.9 Å². The predicted molar refractivity (Wildman–Crippen MR) is 68.3 cm³/mol. The maximum atomic E-state index is 11.4. The second-order valence-corrected chi connectivity index (χ2v) is 3.70. The van der Waals surface area contributed by atoms with E-state index in [9.17, 15) is 4.79 Å². The molecule has 0 aromatic carbocycles. The summed E-state index contributed by atoms with van der Waals surface area (Å²) in [6.07, 6.45) is 5.27. The third-order valence-corrected chi connectivity index (χ3v) is 2.45. The Balaban J connectivity index is 1.91. The van der Waals surface area contributed by atoms with Crippen LogP contribution in [0.1, 0.15) is 10.5 Å². The first-order valence-electron chi connectivity index (χ1n) is 5.69. The minimum absolute atomic E-state index is 0.189. The standard InChI is InChI=1S/C12H15N5O/c1-13-12(18)11-9-10(3-5-15-11)14-6-8-17-7-2-4-16-17/h2-5,7,9H,6,8H2,1H3,(H,13,18)(H,14,15). The predicted octanol–water partition coefficient (Wildman–Crippen LogP) is 0.750. The molecule has 0 saturated carbocycles. The maximum absolute atomic E-state index is 11.4. The van der Waals surface area contributed by atoms with Gasteiger partial charge in [-0.05, 0) is 18.2 Å². The number of amides is 1. The molecule has 0 fully saturated rings. The van der Waals surface area contributed by atoms with Crippen LogP contribution < -0.4 is 10.6 Å². The fraction of sp³-hybridized carbons (Fsp3) is 0.250. The molecule has 6 nitrogen and oxygen atoms in total. The van der Waals surface area contributed by atoms with Gasteiger partial charge >= 0.3 is 0 Å². The average Bonchev–Trinajstić information content (AvgIpc) is 2.91. The molecule has 18 heavy (non-hydrogen) atoms. The molecule has 0 saturated heterocycles. The molecule has 6 heteroatoms. The van der Waals surface area contributed by atoms with E-state index in [1.807, 2.05) is 23.0 Å². The molecule has 2 N–H and O–H groups in total. The molecule has 0 aliphatic heterocycles. The number of rotatable bonds is 5. The number of aromatic nitrogens is 3. The molecule has 0 unspecified atom stereocenters. The molecule has 0 radical (unpaired) electrons. The Kier molecular flexibility index (Phi) is 3.90. The summed E-state index contributed by atoms with van der Waals surface area (Å²) < 4.78 is 1.84. The molecule has 2 heterocycles. The summed E-state index contributed by atoms with van der Waals surface area (Å²) >= 11 is 0. The van der Waals surface area contributed by atoms with Crippen LogP contribution in [0.4, 0.5) is 5.69 Å². The van der Waals surface area contributed by atoms with E-state index in [1.165, 1.54) is 0 Å². The Labute approximate surface area is 105 Å². The number of anilines is 1.